The zero-order valence-electron chi connectivity index (χ0n) is 33.6. The van der Waals surface area contributed by atoms with E-state index < -0.39 is 30.2 Å². The summed E-state index contributed by atoms with van der Waals surface area (Å²) in [6, 6.07) is 53.6. The highest BCUT2D eigenvalue weighted by molar-refractivity contribution is 5.52. The number of aliphatic hydroxyl groups is 1. The summed E-state index contributed by atoms with van der Waals surface area (Å²) in [7, 11) is 1.52. The Morgan fingerprint density at radius 3 is 1.61 bits per heavy atom. The van der Waals surface area contributed by atoms with Crippen molar-refractivity contribution in [3.63, 3.8) is 0 Å². The van der Waals surface area contributed by atoms with Gasteiger partial charge in [0.25, 0.3) is 0 Å². The summed E-state index contributed by atoms with van der Waals surface area (Å²) < 4.78 is 39.9. The fourth-order valence-corrected chi connectivity index (χ4v) is 7.51. The molecule has 5 atom stereocenters. The highest BCUT2D eigenvalue weighted by atomic mass is 16.7. The lowest BCUT2D eigenvalue weighted by Crippen LogP contribution is -2.65. The van der Waals surface area contributed by atoms with Crippen LogP contribution in [0.4, 0.5) is 0 Å². The molecule has 1 heterocycles. The number of aryl methyl sites for hydroxylation is 1. The van der Waals surface area contributed by atoms with E-state index in [2.05, 4.69) is 37.3 Å². The van der Waals surface area contributed by atoms with E-state index >= 15 is 0 Å². The van der Waals surface area contributed by atoms with E-state index in [1.807, 2.05) is 127 Å². The fourth-order valence-electron chi connectivity index (χ4n) is 7.51. The zero-order valence-corrected chi connectivity index (χ0v) is 33.6. The van der Waals surface area contributed by atoms with Gasteiger partial charge in [-0.05, 0) is 63.9 Å². The van der Waals surface area contributed by atoms with Crippen molar-refractivity contribution in [2.75, 3.05) is 13.7 Å². The molecule has 1 aliphatic rings. The first kappa shape index (κ1) is 41.5. The van der Waals surface area contributed by atoms with Crippen molar-refractivity contribution in [3.05, 3.63) is 208 Å². The Balaban J connectivity index is 1.34. The predicted octanol–water partition coefficient (Wildman–Crippen LogP) is 9.24. The van der Waals surface area contributed by atoms with Gasteiger partial charge in [-0.2, -0.15) is 5.26 Å². The summed E-state index contributed by atoms with van der Waals surface area (Å²) in [5.74, 6) is -1.90. The quantitative estimate of drug-likeness (QED) is 0.0921. The third-order valence-electron chi connectivity index (χ3n) is 10.7. The SMILES string of the molecule is CCc1ccc(Cc2cc(C3(O)O[C@H](COCc4ccccc4)[C@@H](OCc4ccccc4)[C@H](OCc4ccccc4)[C@H]3OCc3ccccc3)c(OC)cc2C#N)cc1. The minimum atomic E-state index is -2.18. The number of ether oxygens (including phenoxy) is 6. The third kappa shape index (κ3) is 10.5. The average molecular weight is 790 g/mol. The van der Waals surface area contributed by atoms with Gasteiger partial charge in [-0.25, -0.2) is 0 Å². The normalized spacial score (nSPS) is 20.2. The van der Waals surface area contributed by atoms with Crippen LogP contribution >= 0.6 is 0 Å². The van der Waals surface area contributed by atoms with Crippen LogP contribution in [0, 0.1) is 11.3 Å². The van der Waals surface area contributed by atoms with Crippen LogP contribution < -0.4 is 4.74 Å². The van der Waals surface area contributed by atoms with Gasteiger partial charge in [0, 0.05) is 0 Å². The lowest BCUT2D eigenvalue weighted by atomic mass is 9.85. The number of rotatable bonds is 18. The van der Waals surface area contributed by atoms with Crippen molar-refractivity contribution in [1.29, 1.82) is 5.26 Å². The maximum Gasteiger partial charge on any atom is 0.226 e. The molecule has 1 unspecified atom stereocenters. The van der Waals surface area contributed by atoms with Crippen LogP contribution in [0.1, 0.15) is 57.0 Å². The second-order valence-electron chi connectivity index (χ2n) is 14.8. The Bertz CT molecular complexity index is 2230. The first-order valence-electron chi connectivity index (χ1n) is 20.1. The zero-order chi connectivity index (χ0) is 40.9. The van der Waals surface area contributed by atoms with Crippen molar-refractivity contribution in [2.24, 2.45) is 0 Å². The van der Waals surface area contributed by atoms with Gasteiger partial charge in [-0.3, -0.25) is 0 Å². The molecule has 0 aliphatic carbocycles. The lowest BCUT2D eigenvalue weighted by molar-refractivity contribution is -0.379. The topological polar surface area (TPSA) is 99.4 Å². The van der Waals surface area contributed by atoms with Crippen LogP contribution in [0.2, 0.25) is 0 Å². The van der Waals surface area contributed by atoms with Gasteiger partial charge in [0.15, 0.2) is 0 Å². The summed E-state index contributed by atoms with van der Waals surface area (Å²) >= 11 is 0. The van der Waals surface area contributed by atoms with Crippen molar-refractivity contribution in [2.45, 2.75) is 76.4 Å². The van der Waals surface area contributed by atoms with E-state index in [-0.39, 0.29) is 32.2 Å². The number of hydrogen-bond acceptors (Lipinski definition) is 8. The van der Waals surface area contributed by atoms with Gasteiger partial charge in [-0.1, -0.05) is 153 Å². The molecule has 1 saturated heterocycles. The highest BCUT2D eigenvalue weighted by Crippen LogP contribution is 2.45. The minimum absolute atomic E-state index is 0.0580. The number of benzene rings is 6. The third-order valence-corrected chi connectivity index (χ3v) is 10.7. The van der Waals surface area contributed by atoms with E-state index in [1.54, 1.807) is 6.07 Å². The first-order chi connectivity index (χ1) is 29.0. The van der Waals surface area contributed by atoms with Gasteiger partial charge in [0.1, 0.15) is 30.2 Å². The van der Waals surface area contributed by atoms with Crippen LogP contribution in [0.5, 0.6) is 5.75 Å². The standard InChI is InChI=1S/C51H51NO7/c1-3-37-24-26-38(27-25-37)28-43-29-45(46(54-2)30-44(43)31-52)51(53)50(58-35-42-22-14-7-15-23-42)49(57-34-41-20-12-6-13-21-41)48(56-33-40-18-10-5-11-19-40)47(59-51)36-55-32-39-16-8-4-9-17-39/h4-27,29-30,47-50,53H,3,28,32-36H2,1-2H3/t47-,48-,49+,50-,51?/m1/s1. The van der Waals surface area contributed by atoms with Crippen molar-refractivity contribution in [1.82, 2.24) is 0 Å². The Labute approximate surface area is 347 Å². The summed E-state index contributed by atoms with van der Waals surface area (Å²) in [6.07, 6.45) is -2.30. The Kier molecular flexibility index (Phi) is 14.3. The van der Waals surface area contributed by atoms with Crippen LogP contribution in [-0.4, -0.2) is 43.2 Å². The molecule has 8 nitrogen and oxygen atoms in total. The largest absolute Gasteiger partial charge is 0.496 e. The molecule has 1 aliphatic heterocycles. The summed E-state index contributed by atoms with van der Waals surface area (Å²) in [4.78, 5) is 0. The monoisotopic (exact) mass is 789 g/mol. The van der Waals surface area contributed by atoms with E-state index in [0.717, 1.165) is 34.2 Å². The molecule has 0 saturated carbocycles. The van der Waals surface area contributed by atoms with Gasteiger partial charge >= 0.3 is 0 Å². The molecule has 0 radical (unpaired) electrons. The average Bonchev–Trinajstić information content (AvgIpc) is 3.29. The van der Waals surface area contributed by atoms with E-state index in [0.29, 0.717) is 29.7 Å². The molecule has 302 valence electrons. The molecule has 0 amide bonds. The maximum absolute atomic E-state index is 13.5. The van der Waals surface area contributed by atoms with Crippen molar-refractivity contribution in [3.8, 4) is 11.8 Å². The van der Waals surface area contributed by atoms with Crippen molar-refractivity contribution < 1.29 is 33.5 Å². The number of nitriles is 1. The second kappa shape index (κ2) is 20.4. The van der Waals surface area contributed by atoms with Gasteiger partial charge in [0.2, 0.25) is 5.79 Å². The number of methoxy groups -OCH3 is 1. The van der Waals surface area contributed by atoms with E-state index in [9.17, 15) is 10.4 Å². The van der Waals surface area contributed by atoms with Gasteiger partial charge in [0.05, 0.1) is 57.3 Å². The Hall–Kier alpha value is -5.63. The molecule has 1 fully saturated rings. The summed E-state index contributed by atoms with van der Waals surface area (Å²) in [6.45, 7) is 3.09. The molecule has 0 bridgehead atoms. The molecule has 8 heteroatoms. The van der Waals surface area contributed by atoms with E-state index in [1.165, 1.54) is 12.7 Å². The molecule has 6 aromatic carbocycles. The van der Waals surface area contributed by atoms with Crippen LogP contribution in [0.25, 0.3) is 0 Å². The molecule has 0 spiro atoms. The van der Waals surface area contributed by atoms with Crippen LogP contribution in [0.3, 0.4) is 0 Å². The second-order valence-corrected chi connectivity index (χ2v) is 14.8. The van der Waals surface area contributed by atoms with Gasteiger partial charge in [-0.15, -0.1) is 0 Å². The molecule has 1 N–H and O–H groups in total. The van der Waals surface area contributed by atoms with Gasteiger partial charge < -0.3 is 33.5 Å². The maximum atomic E-state index is 13.5. The molecule has 59 heavy (non-hydrogen) atoms. The van der Waals surface area contributed by atoms with Crippen molar-refractivity contribution >= 4 is 0 Å². The minimum Gasteiger partial charge on any atom is -0.496 e. The highest BCUT2D eigenvalue weighted by Gasteiger charge is 2.58. The first-order valence-corrected chi connectivity index (χ1v) is 20.1. The molecule has 6 aromatic rings. The van der Waals surface area contributed by atoms with E-state index in [4.69, 9.17) is 28.4 Å². The molecular weight excluding hydrogens is 739 g/mol. The Morgan fingerprint density at radius 1 is 0.610 bits per heavy atom. The molecule has 0 aromatic heterocycles. The van der Waals surface area contributed by atoms with Crippen LogP contribution in [-0.2, 0) is 68.7 Å². The summed E-state index contributed by atoms with van der Waals surface area (Å²) in [5, 5.41) is 23.9. The fraction of sp³-hybridized carbons (Fsp3) is 0.275. The van der Waals surface area contributed by atoms with Crippen LogP contribution in [0.15, 0.2) is 158 Å². The number of hydrogen-bond donors (Lipinski definition) is 1. The Morgan fingerprint density at radius 2 is 1.10 bits per heavy atom. The number of nitrogens with zero attached hydrogens (tertiary/aromatic N) is 1. The summed E-state index contributed by atoms with van der Waals surface area (Å²) in [5.41, 5.74) is 7.47. The molecule has 7 rings (SSSR count). The lowest BCUT2D eigenvalue weighted by Gasteiger charge is -2.50. The predicted molar refractivity (Wildman–Crippen MR) is 226 cm³/mol. The smallest absolute Gasteiger partial charge is 0.226 e. The molecular formula is C51H51NO7.